The number of rotatable bonds is 6. The van der Waals surface area contributed by atoms with Crippen molar-refractivity contribution >= 4 is 34.5 Å². The molecule has 3 aliphatic heterocycles. The summed E-state index contributed by atoms with van der Waals surface area (Å²) in [5, 5.41) is 2.42. The zero-order chi connectivity index (χ0) is 26.8. The average molecular weight is 513 g/mol. The summed E-state index contributed by atoms with van der Waals surface area (Å²) in [6.45, 7) is 6.54. The van der Waals surface area contributed by atoms with Gasteiger partial charge in [-0.1, -0.05) is 6.07 Å². The highest BCUT2D eigenvalue weighted by molar-refractivity contribution is 6.10. The van der Waals surface area contributed by atoms with Crippen LogP contribution in [-0.4, -0.2) is 53.0 Å². The topological polar surface area (TPSA) is 114 Å². The minimum Gasteiger partial charge on any atom is -0.497 e. The molecule has 0 aliphatic carbocycles. The number of hydrogen-bond donors (Lipinski definition) is 1. The highest BCUT2D eigenvalue weighted by Gasteiger charge is 2.53. The van der Waals surface area contributed by atoms with Crippen LogP contribution in [0.1, 0.15) is 54.6 Å². The summed E-state index contributed by atoms with van der Waals surface area (Å²) >= 11 is 0. The lowest BCUT2D eigenvalue weighted by Crippen LogP contribution is -2.46. The van der Waals surface area contributed by atoms with Crippen molar-refractivity contribution < 1.29 is 23.5 Å². The van der Waals surface area contributed by atoms with E-state index >= 15 is 0 Å². The summed E-state index contributed by atoms with van der Waals surface area (Å²) < 4.78 is 11.4. The molecule has 1 saturated heterocycles. The first-order chi connectivity index (χ1) is 18.2. The number of benzene rings is 1. The fraction of sp³-hybridized carbons (Fsp3) is 0.345. The molecule has 2 atom stereocenters. The quantitative estimate of drug-likeness (QED) is 0.506. The zero-order valence-corrected chi connectivity index (χ0v) is 21.8. The second-order valence-corrected chi connectivity index (χ2v) is 10.3. The Morgan fingerprint density at radius 2 is 1.97 bits per heavy atom. The van der Waals surface area contributed by atoms with Crippen LogP contribution in [0.5, 0.6) is 5.75 Å². The van der Waals surface area contributed by atoms with Gasteiger partial charge in [0.05, 0.1) is 19.6 Å². The fourth-order valence-electron chi connectivity index (χ4n) is 5.72. The van der Waals surface area contributed by atoms with Gasteiger partial charge in [-0.3, -0.25) is 24.7 Å². The molecule has 3 aromatic rings. The van der Waals surface area contributed by atoms with Crippen LogP contribution in [0.3, 0.4) is 0 Å². The lowest BCUT2D eigenvalue weighted by Gasteiger charge is -2.28. The van der Waals surface area contributed by atoms with Crippen LogP contribution in [0.4, 0.5) is 0 Å². The normalized spacial score (nSPS) is 22.9. The van der Waals surface area contributed by atoms with Gasteiger partial charge in [-0.15, -0.1) is 0 Å². The molecule has 194 valence electrons. The van der Waals surface area contributed by atoms with E-state index in [1.54, 1.807) is 30.2 Å². The van der Waals surface area contributed by atoms with Crippen molar-refractivity contribution in [3.05, 3.63) is 70.1 Å². The van der Waals surface area contributed by atoms with E-state index in [1.807, 2.05) is 25.1 Å². The van der Waals surface area contributed by atoms with Crippen LogP contribution in [0.2, 0.25) is 0 Å². The van der Waals surface area contributed by atoms with Crippen LogP contribution < -0.4 is 10.1 Å². The van der Waals surface area contributed by atoms with Gasteiger partial charge in [0.25, 0.3) is 5.91 Å². The lowest BCUT2D eigenvalue weighted by molar-refractivity contribution is -0.127. The number of nitrogens with zero attached hydrogens (tertiary/aromatic N) is 3. The molecular formula is C29H28N4O5. The fourth-order valence-corrected chi connectivity index (χ4v) is 5.72. The number of hydrogen-bond acceptors (Lipinski definition) is 7. The van der Waals surface area contributed by atoms with E-state index in [-0.39, 0.29) is 24.9 Å². The van der Waals surface area contributed by atoms with E-state index in [4.69, 9.17) is 14.1 Å². The standard InChI is InChI=1S/C29H28N4O5/c1-15-16(2)30-17(3)21(15)9-19-6-8-24-23(31-19)11-25(38-24)29(12-26(34)32-28(29)36)14-33-13-18-5-7-20(37-4)10-22(18)27(33)35/h5-8,10-11,16H,9,12-14H2,1-4H3,(H,32,34,36)/t16?,29-/m1/s1. The number of methoxy groups -OCH3 is 1. The third kappa shape index (κ3) is 3.72. The Labute approximate surface area is 219 Å². The zero-order valence-electron chi connectivity index (χ0n) is 21.8. The second kappa shape index (κ2) is 8.65. The van der Waals surface area contributed by atoms with Gasteiger partial charge in [0.1, 0.15) is 22.4 Å². The van der Waals surface area contributed by atoms with E-state index in [0.717, 1.165) is 17.0 Å². The van der Waals surface area contributed by atoms with Crippen LogP contribution >= 0.6 is 0 Å². The highest BCUT2D eigenvalue weighted by atomic mass is 16.5. The van der Waals surface area contributed by atoms with Gasteiger partial charge < -0.3 is 14.1 Å². The monoisotopic (exact) mass is 512 g/mol. The van der Waals surface area contributed by atoms with Crippen molar-refractivity contribution in [2.45, 2.75) is 51.6 Å². The maximum absolute atomic E-state index is 13.3. The van der Waals surface area contributed by atoms with Crippen molar-refractivity contribution in [1.29, 1.82) is 0 Å². The average Bonchev–Trinajstić information content (AvgIpc) is 3.60. The Balaban J connectivity index is 1.34. The van der Waals surface area contributed by atoms with E-state index in [9.17, 15) is 14.4 Å². The number of nitrogens with one attached hydrogen (secondary N) is 1. The van der Waals surface area contributed by atoms with Crippen LogP contribution in [0, 0.1) is 0 Å². The van der Waals surface area contributed by atoms with Gasteiger partial charge in [0.15, 0.2) is 5.58 Å². The van der Waals surface area contributed by atoms with Crippen molar-refractivity contribution in [3.63, 3.8) is 0 Å². The Hall–Kier alpha value is -4.27. The minimum atomic E-state index is -1.34. The summed E-state index contributed by atoms with van der Waals surface area (Å²) in [6, 6.07) is 11.0. The predicted octanol–water partition coefficient (Wildman–Crippen LogP) is 3.50. The lowest BCUT2D eigenvalue weighted by atomic mass is 9.82. The third-order valence-electron chi connectivity index (χ3n) is 7.99. The van der Waals surface area contributed by atoms with E-state index in [2.05, 4.69) is 24.2 Å². The maximum atomic E-state index is 13.3. The van der Waals surface area contributed by atoms with E-state index in [1.165, 1.54) is 11.1 Å². The molecule has 0 saturated carbocycles. The summed E-state index contributed by atoms with van der Waals surface area (Å²) in [5.41, 5.74) is 5.47. The number of carbonyl (C=O) groups excluding carboxylic acids is 3. The van der Waals surface area contributed by atoms with Crippen molar-refractivity contribution in [3.8, 4) is 5.75 Å². The predicted molar refractivity (Wildman–Crippen MR) is 140 cm³/mol. The molecule has 1 unspecified atom stereocenters. The van der Waals surface area contributed by atoms with Gasteiger partial charge in [-0.25, -0.2) is 4.98 Å². The van der Waals surface area contributed by atoms with Crippen molar-refractivity contribution in [2.75, 3.05) is 13.7 Å². The Kier molecular flexibility index (Phi) is 5.48. The first kappa shape index (κ1) is 24.1. The molecule has 6 rings (SSSR count). The summed E-state index contributed by atoms with van der Waals surface area (Å²) in [6.07, 6.45) is 0.539. The van der Waals surface area contributed by atoms with Crippen molar-refractivity contribution in [1.82, 2.24) is 15.2 Å². The van der Waals surface area contributed by atoms with Crippen LogP contribution in [0.25, 0.3) is 11.1 Å². The molecule has 5 heterocycles. The second-order valence-electron chi connectivity index (χ2n) is 10.3. The Morgan fingerprint density at radius 1 is 1.16 bits per heavy atom. The molecule has 0 spiro atoms. The number of fused-ring (bicyclic) bond motifs is 2. The number of carbonyl (C=O) groups is 3. The van der Waals surface area contributed by atoms with Crippen molar-refractivity contribution in [2.24, 2.45) is 4.99 Å². The number of pyridine rings is 1. The Morgan fingerprint density at radius 3 is 2.66 bits per heavy atom. The van der Waals surface area contributed by atoms with Crippen LogP contribution in [0.15, 0.2) is 57.0 Å². The first-order valence-electron chi connectivity index (χ1n) is 12.6. The summed E-state index contributed by atoms with van der Waals surface area (Å²) in [5.74, 6) is -0.183. The molecule has 3 aliphatic rings. The molecule has 2 aromatic heterocycles. The number of allylic oxidation sites excluding steroid dienone is 1. The number of furan rings is 1. The molecular weight excluding hydrogens is 484 g/mol. The summed E-state index contributed by atoms with van der Waals surface area (Å²) in [4.78, 5) is 50.0. The molecule has 1 fully saturated rings. The number of amides is 3. The smallest absolute Gasteiger partial charge is 0.254 e. The van der Waals surface area contributed by atoms with E-state index < -0.39 is 17.2 Å². The number of aliphatic imine (C=N–C) groups is 1. The molecule has 1 aromatic carbocycles. The molecule has 3 amide bonds. The SMILES string of the molecule is COc1ccc2c(c1)C(=O)N(C[C@@]1(c3cc4nc(CC5=C(C)C(C)N=C5C)ccc4o3)CC(=O)NC1=O)C2. The molecule has 0 radical (unpaired) electrons. The van der Waals surface area contributed by atoms with E-state index in [0.29, 0.717) is 41.1 Å². The minimum absolute atomic E-state index is 0.00666. The molecule has 1 N–H and O–H groups in total. The largest absolute Gasteiger partial charge is 0.497 e. The number of ether oxygens (including phenoxy) is 1. The molecule has 38 heavy (non-hydrogen) atoms. The first-order valence-corrected chi connectivity index (χ1v) is 12.6. The van der Waals surface area contributed by atoms with Crippen LogP contribution in [-0.2, 0) is 28.0 Å². The molecule has 9 heteroatoms. The third-order valence-corrected chi connectivity index (χ3v) is 7.99. The molecule has 0 bridgehead atoms. The maximum Gasteiger partial charge on any atom is 0.254 e. The van der Waals surface area contributed by atoms with Gasteiger partial charge in [0, 0.05) is 42.5 Å². The van der Waals surface area contributed by atoms with Gasteiger partial charge in [-0.2, -0.15) is 0 Å². The number of imide groups is 1. The van der Waals surface area contributed by atoms with Gasteiger partial charge >= 0.3 is 0 Å². The van der Waals surface area contributed by atoms with Gasteiger partial charge in [-0.05, 0) is 61.7 Å². The molecule has 9 nitrogen and oxygen atoms in total. The number of aromatic nitrogens is 1. The highest BCUT2D eigenvalue weighted by Crippen LogP contribution is 2.39. The Bertz CT molecular complexity index is 1600. The van der Waals surface area contributed by atoms with Gasteiger partial charge in [0.2, 0.25) is 11.8 Å². The summed E-state index contributed by atoms with van der Waals surface area (Å²) in [7, 11) is 1.55.